The molecule has 0 bridgehead atoms. The van der Waals surface area contributed by atoms with Crippen LogP contribution in [-0.4, -0.2) is 19.6 Å². The van der Waals surface area contributed by atoms with E-state index < -0.39 is 25.3 Å². The zero-order valence-corrected chi connectivity index (χ0v) is 8.98. The first kappa shape index (κ1) is 11.9. The highest BCUT2D eigenvalue weighted by Gasteiger charge is 2.20. The first-order valence-electron chi connectivity index (χ1n) is 3.95. The lowest BCUT2D eigenvalue weighted by atomic mass is 10.2. The van der Waals surface area contributed by atoms with Crippen molar-refractivity contribution in [3.05, 3.63) is 27.8 Å². The van der Waals surface area contributed by atoms with Crippen molar-refractivity contribution in [1.82, 2.24) is 0 Å². The van der Waals surface area contributed by atoms with Crippen molar-refractivity contribution in [2.45, 2.75) is 4.90 Å². The molecule has 0 amide bonds. The smallest absolute Gasteiger partial charge is 0.272 e. The van der Waals surface area contributed by atoms with Crippen molar-refractivity contribution >= 4 is 21.2 Å². The number of nitriles is 1. The molecular weight excluding hydrogens is 234 g/mol. The second-order valence-corrected chi connectivity index (χ2v) is 5.03. The number of anilines is 1. The number of nitrogen functional groups attached to an aromatic ring is 1. The molecular formula is C8H7N3O4S. The van der Waals surface area contributed by atoms with Crippen LogP contribution in [0.25, 0.3) is 0 Å². The minimum absolute atomic E-state index is 0.227. The first-order chi connectivity index (χ1) is 7.27. The van der Waals surface area contributed by atoms with Gasteiger partial charge in [-0.15, -0.1) is 0 Å². The highest BCUT2D eigenvalue weighted by molar-refractivity contribution is 7.90. The van der Waals surface area contributed by atoms with Gasteiger partial charge in [0.15, 0.2) is 9.84 Å². The Hall–Kier alpha value is -2.14. The van der Waals surface area contributed by atoms with Gasteiger partial charge in [0.25, 0.3) is 5.69 Å². The Bertz CT molecular complexity index is 600. The molecule has 0 atom stereocenters. The fourth-order valence-electron chi connectivity index (χ4n) is 1.12. The van der Waals surface area contributed by atoms with Crippen LogP contribution < -0.4 is 5.73 Å². The summed E-state index contributed by atoms with van der Waals surface area (Å²) >= 11 is 0. The van der Waals surface area contributed by atoms with Gasteiger partial charge in [-0.1, -0.05) is 0 Å². The van der Waals surface area contributed by atoms with E-state index >= 15 is 0 Å². The summed E-state index contributed by atoms with van der Waals surface area (Å²) in [6.45, 7) is 0. The summed E-state index contributed by atoms with van der Waals surface area (Å²) in [5.41, 5.74) is 4.45. The van der Waals surface area contributed by atoms with E-state index in [4.69, 9.17) is 11.0 Å². The van der Waals surface area contributed by atoms with Gasteiger partial charge >= 0.3 is 0 Å². The predicted octanol–water partition coefficient (Wildman–Crippen LogP) is 0.452. The average Bonchev–Trinajstić information content (AvgIpc) is 2.15. The normalized spacial score (nSPS) is 10.8. The van der Waals surface area contributed by atoms with Gasteiger partial charge in [0.2, 0.25) is 0 Å². The highest BCUT2D eigenvalue weighted by atomic mass is 32.2. The third-order valence-electron chi connectivity index (χ3n) is 1.86. The van der Waals surface area contributed by atoms with Gasteiger partial charge in [-0.05, 0) is 0 Å². The number of hydrogen-bond donors (Lipinski definition) is 1. The van der Waals surface area contributed by atoms with Crippen LogP contribution in [0.4, 0.5) is 11.4 Å². The molecule has 7 nitrogen and oxygen atoms in total. The number of non-ortho nitro benzene ring substituents is 1. The van der Waals surface area contributed by atoms with Crippen LogP contribution in [0.5, 0.6) is 0 Å². The molecule has 16 heavy (non-hydrogen) atoms. The van der Waals surface area contributed by atoms with E-state index in [0.29, 0.717) is 0 Å². The summed E-state index contributed by atoms with van der Waals surface area (Å²) in [7, 11) is -3.70. The number of sulfone groups is 1. The maximum absolute atomic E-state index is 11.3. The largest absolute Gasteiger partial charge is 0.397 e. The van der Waals surface area contributed by atoms with Gasteiger partial charge in [-0.25, -0.2) is 8.42 Å². The Morgan fingerprint density at radius 3 is 2.44 bits per heavy atom. The molecule has 0 radical (unpaired) electrons. The van der Waals surface area contributed by atoms with E-state index in [9.17, 15) is 18.5 Å². The Morgan fingerprint density at radius 1 is 1.50 bits per heavy atom. The molecule has 0 heterocycles. The van der Waals surface area contributed by atoms with Crippen LogP contribution in [-0.2, 0) is 9.84 Å². The van der Waals surface area contributed by atoms with Gasteiger partial charge in [0, 0.05) is 18.4 Å². The first-order valence-corrected chi connectivity index (χ1v) is 5.84. The van der Waals surface area contributed by atoms with E-state index in [2.05, 4.69) is 0 Å². The fourth-order valence-corrected chi connectivity index (χ4v) is 1.96. The molecule has 84 valence electrons. The lowest BCUT2D eigenvalue weighted by Crippen LogP contribution is -2.05. The summed E-state index contributed by atoms with van der Waals surface area (Å²) in [5, 5.41) is 19.2. The van der Waals surface area contributed by atoms with Crippen molar-refractivity contribution in [3.8, 4) is 6.07 Å². The Kier molecular flexibility index (Phi) is 2.82. The van der Waals surface area contributed by atoms with Gasteiger partial charge in [-0.2, -0.15) is 5.26 Å². The average molecular weight is 241 g/mol. The number of benzene rings is 1. The lowest BCUT2D eigenvalue weighted by molar-refractivity contribution is -0.385. The molecule has 2 N–H and O–H groups in total. The van der Waals surface area contributed by atoms with Crippen molar-refractivity contribution in [3.63, 3.8) is 0 Å². The Balaban J connectivity index is 3.70. The summed E-state index contributed by atoms with van der Waals surface area (Å²) in [6.07, 6.45) is 0.865. The van der Waals surface area contributed by atoms with Crippen molar-refractivity contribution in [2.75, 3.05) is 12.0 Å². The molecule has 0 aliphatic rings. The SMILES string of the molecule is CS(=O)(=O)c1cc([N+](=O)[O-])cc(C#N)c1N. The fraction of sp³-hybridized carbons (Fsp3) is 0.125. The number of nitrogens with zero attached hydrogens (tertiary/aromatic N) is 2. The van der Waals surface area contributed by atoms with Gasteiger partial charge in [-0.3, -0.25) is 10.1 Å². The highest BCUT2D eigenvalue weighted by Crippen LogP contribution is 2.27. The lowest BCUT2D eigenvalue weighted by Gasteiger charge is -2.04. The molecule has 0 spiro atoms. The van der Waals surface area contributed by atoms with Crippen molar-refractivity contribution in [1.29, 1.82) is 5.26 Å². The summed E-state index contributed by atoms with van der Waals surface area (Å²) in [4.78, 5) is 9.33. The van der Waals surface area contributed by atoms with E-state index in [1.54, 1.807) is 6.07 Å². The number of nitro benzene ring substituents is 1. The minimum atomic E-state index is -3.70. The van der Waals surface area contributed by atoms with Crippen molar-refractivity contribution < 1.29 is 13.3 Å². The number of nitro groups is 1. The van der Waals surface area contributed by atoms with E-state index in [1.807, 2.05) is 0 Å². The number of rotatable bonds is 2. The second-order valence-electron chi connectivity index (χ2n) is 3.05. The summed E-state index contributed by atoms with van der Waals surface area (Å²) in [5.74, 6) is 0. The monoisotopic (exact) mass is 241 g/mol. The maximum atomic E-state index is 11.3. The molecule has 0 fully saturated rings. The minimum Gasteiger partial charge on any atom is -0.397 e. The van der Waals surface area contributed by atoms with Gasteiger partial charge < -0.3 is 5.73 Å². The molecule has 8 heteroatoms. The van der Waals surface area contributed by atoms with E-state index in [-0.39, 0.29) is 11.3 Å². The summed E-state index contributed by atoms with van der Waals surface area (Å²) < 4.78 is 22.6. The Labute approximate surface area is 91.2 Å². The topological polar surface area (TPSA) is 127 Å². The van der Waals surface area contributed by atoms with Crippen LogP contribution in [0, 0.1) is 21.4 Å². The van der Waals surface area contributed by atoms with Gasteiger partial charge in [0.05, 0.1) is 21.1 Å². The third-order valence-corrected chi connectivity index (χ3v) is 2.99. The van der Waals surface area contributed by atoms with E-state index in [1.165, 1.54) is 0 Å². The molecule has 0 saturated carbocycles. The van der Waals surface area contributed by atoms with Crippen LogP contribution in [0.3, 0.4) is 0 Å². The van der Waals surface area contributed by atoms with Gasteiger partial charge in [0.1, 0.15) is 6.07 Å². The molecule has 1 rings (SSSR count). The number of nitrogens with two attached hydrogens (primary N) is 1. The Morgan fingerprint density at radius 2 is 2.06 bits per heavy atom. The standard InChI is InChI=1S/C8H7N3O4S/c1-16(14,15)7-3-6(11(12)13)2-5(4-9)8(7)10/h2-3H,10H2,1H3. The second kappa shape index (κ2) is 3.79. The van der Waals surface area contributed by atoms with E-state index in [0.717, 1.165) is 18.4 Å². The maximum Gasteiger partial charge on any atom is 0.272 e. The molecule has 0 aliphatic carbocycles. The van der Waals surface area contributed by atoms with Crippen molar-refractivity contribution in [2.24, 2.45) is 0 Å². The van der Waals surface area contributed by atoms with Crippen LogP contribution in [0.1, 0.15) is 5.56 Å². The molecule has 1 aromatic rings. The molecule has 0 aromatic heterocycles. The molecule has 0 aliphatic heterocycles. The molecule has 0 unspecified atom stereocenters. The number of hydrogen-bond acceptors (Lipinski definition) is 6. The summed E-state index contributed by atoms with van der Waals surface area (Å²) in [6, 6.07) is 3.38. The molecule has 1 aromatic carbocycles. The van der Waals surface area contributed by atoms with Crippen LogP contribution >= 0.6 is 0 Å². The van der Waals surface area contributed by atoms with Crippen LogP contribution in [0.15, 0.2) is 17.0 Å². The zero-order valence-electron chi connectivity index (χ0n) is 8.17. The third kappa shape index (κ3) is 2.09. The molecule has 0 saturated heterocycles. The quantitative estimate of drug-likeness (QED) is 0.455. The zero-order chi connectivity index (χ0) is 12.5. The van der Waals surface area contributed by atoms with Crippen LogP contribution in [0.2, 0.25) is 0 Å². The predicted molar refractivity (Wildman–Crippen MR) is 55.3 cm³/mol.